The predicted octanol–water partition coefficient (Wildman–Crippen LogP) is 3.22. The summed E-state index contributed by atoms with van der Waals surface area (Å²) in [5.41, 5.74) is 4.52. The summed E-state index contributed by atoms with van der Waals surface area (Å²) in [6.07, 6.45) is 1.26. The van der Waals surface area contributed by atoms with Crippen molar-refractivity contribution < 1.29 is 9.72 Å². The van der Waals surface area contributed by atoms with E-state index in [2.05, 4.69) is 15.5 Å². The molecule has 0 spiro atoms. The molecule has 1 amide bonds. The van der Waals surface area contributed by atoms with Crippen molar-refractivity contribution in [1.82, 2.24) is 10.4 Å². The summed E-state index contributed by atoms with van der Waals surface area (Å²) in [5.74, 6) is -0.406. The Morgan fingerprint density at radius 1 is 1.20 bits per heavy atom. The average Bonchev–Trinajstić information content (AvgIpc) is 2.61. The normalized spacial score (nSPS) is 10.9. The van der Waals surface area contributed by atoms with Crippen LogP contribution in [0, 0.1) is 17.0 Å². The van der Waals surface area contributed by atoms with Crippen molar-refractivity contribution >= 4 is 28.7 Å². The highest BCUT2D eigenvalue weighted by molar-refractivity contribution is 6.06. The standard InChI is InChI=1S/C18H14N4O3/c1-12-10-15(14-7-3-4-8-16(14)20-12)18(23)21-19-11-13-6-2-5-9-17(13)22(24)25/h2-11H,1H3,(H,21,23)/b19-11-. The van der Waals surface area contributed by atoms with Crippen LogP contribution in [0.5, 0.6) is 0 Å². The second-order valence-corrected chi connectivity index (χ2v) is 5.34. The molecule has 0 atom stereocenters. The molecular formula is C18H14N4O3. The first-order chi connectivity index (χ1) is 12.1. The van der Waals surface area contributed by atoms with Crippen LogP contribution in [-0.2, 0) is 0 Å². The largest absolute Gasteiger partial charge is 0.278 e. The van der Waals surface area contributed by atoms with E-state index >= 15 is 0 Å². The van der Waals surface area contributed by atoms with Gasteiger partial charge in [0.25, 0.3) is 11.6 Å². The van der Waals surface area contributed by atoms with E-state index in [0.717, 1.165) is 5.52 Å². The minimum Gasteiger partial charge on any atom is -0.267 e. The van der Waals surface area contributed by atoms with E-state index in [9.17, 15) is 14.9 Å². The van der Waals surface area contributed by atoms with Crippen LogP contribution < -0.4 is 5.43 Å². The molecule has 7 heteroatoms. The summed E-state index contributed by atoms with van der Waals surface area (Å²) in [7, 11) is 0. The van der Waals surface area contributed by atoms with Crippen molar-refractivity contribution in [2.24, 2.45) is 5.10 Å². The monoisotopic (exact) mass is 334 g/mol. The molecule has 3 aromatic rings. The molecule has 3 rings (SSSR count). The zero-order chi connectivity index (χ0) is 17.8. The van der Waals surface area contributed by atoms with E-state index < -0.39 is 10.8 Å². The molecule has 124 valence electrons. The summed E-state index contributed by atoms with van der Waals surface area (Å²) in [4.78, 5) is 27.3. The number of nitro benzene ring substituents is 1. The highest BCUT2D eigenvalue weighted by atomic mass is 16.6. The number of aryl methyl sites for hydroxylation is 1. The molecule has 0 aliphatic rings. The Labute approximate surface area is 143 Å². The van der Waals surface area contributed by atoms with Crippen LogP contribution in [0.2, 0.25) is 0 Å². The molecule has 7 nitrogen and oxygen atoms in total. The lowest BCUT2D eigenvalue weighted by Crippen LogP contribution is -2.18. The fourth-order valence-electron chi connectivity index (χ4n) is 2.48. The Kier molecular flexibility index (Phi) is 4.47. The number of benzene rings is 2. The Bertz CT molecular complexity index is 999. The van der Waals surface area contributed by atoms with E-state index in [1.165, 1.54) is 12.3 Å². The van der Waals surface area contributed by atoms with Gasteiger partial charge < -0.3 is 0 Å². The molecule has 0 saturated heterocycles. The van der Waals surface area contributed by atoms with Crippen LogP contribution in [0.1, 0.15) is 21.6 Å². The number of nitrogens with zero attached hydrogens (tertiary/aromatic N) is 3. The molecular weight excluding hydrogens is 320 g/mol. The van der Waals surface area contributed by atoms with Crippen molar-refractivity contribution in [3.63, 3.8) is 0 Å². The molecule has 1 N–H and O–H groups in total. The molecule has 0 aliphatic carbocycles. The van der Waals surface area contributed by atoms with Gasteiger partial charge in [0.05, 0.1) is 27.8 Å². The molecule has 0 radical (unpaired) electrons. The van der Waals surface area contributed by atoms with Crippen molar-refractivity contribution in [1.29, 1.82) is 0 Å². The Hall–Kier alpha value is -3.61. The maximum Gasteiger partial charge on any atom is 0.278 e. The van der Waals surface area contributed by atoms with E-state index in [1.807, 2.05) is 24.3 Å². The molecule has 0 fully saturated rings. The summed E-state index contributed by atoms with van der Waals surface area (Å²) in [5, 5.41) is 15.5. The maximum absolute atomic E-state index is 12.4. The second kappa shape index (κ2) is 6.88. The molecule has 25 heavy (non-hydrogen) atoms. The first-order valence-corrected chi connectivity index (χ1v) is 7.49. The van der Waals surface area contributed by atoms with Crippen LogP contribution in [0.4, 0.5) is 5.69 Å². The molecule has 1 heterocycles. The summed E-state index contributed by atoms with van der Waals surface area (Å²) in [6.45, 7) is 1.81. The minimum atomic E-state index is -0.497. The fourth-order valence-corrected chi connectivity index (χ4v) is 2.48. The maximum atomic E-state index is 12.4. The van der Waals surface area contributed by atoms with Crippen LogP contribution in [0.3, 0.4) is 0 Å². The molecule has 0 saturated carbocycles. The van der Waals surface area contributed by atoms with Crippen LogP contribution >= 0.6 is 0 Å². The zero-order valence-electron chi connectivity index (χ0n) is 13.3. The lowest BCUT2D eigenvalue weighted by molar-refractivity contribution is -0.385. The number of hydrogen-bond donors (Lipinski definition) is 1. The summed E-state index contributed by atoms with van der Waals surface area (Å²) in [6, 6.07) is 15.2. The third kappa shape index (κ3) is 3.50. The fraction of sp³-hybridized carbons (Fsp3) is 0.0556. The Balaban J connectivity index is 1.86. The molecule has 0 bridgehead atoms. The Morgan fingerprint density at radius 3 is 2.72 bits per heavy atom. The van der Waals surface area contributed by atoms with Crippen molar-refractivity contribution in [2.45, 2.75) is 6.92 Å². The molecule has 2 aromatic carbocycles. The molecule has 0 unspecified atom stereocenters. The average molecular weight is 334 g/mol. The number of nitrogens with one attached hydrogen (secondary N) is 1. The van der Waals surface area contributed by atoms with Crippen molar-refractivity contribution in [2.75, 3.05) is 0 Å². The number of hydrazone groups is 1. The smallest absolute Gasteiger partial charge is 0.267 e. The van der Waals surface area contributed by atoms with Crippen LogP contribution in [0.15, 0.2) is 59.7 Å². The van der Waals surface area contributed by atoms with Gasteiger partial charge in [-0.2, -0.15) is 5.10 Å². The highest BCUT2D eigenvalue weighted by Crippen LogP contribution is 2.18. The van der Waals surface area contributed by atoms with Crippen LogP contribution in [-0.4, -0.2) is 22.0 Å². The van der Waals surface area contributed by atoms with Gasteiger partial charge in [-0.15, -0.1) is 0 Å². The zero-order valence-corrected chi connectivity index (χ0v) is 13.3. The van der Waals surface area contributed by atoms with Gasteiger partial charge in [-0.05, 0) is 25.1 Å². The number of nitro groups is 1. The number of rotatable bonds is 4. The van der Waals surface area contributed by atoms with Gasteiger partial charge in [0, 0.05) is 17.1 Å². The first-order valence-electron chi connectivity index (χ1n) is 7.49. The summed E-state index contributed by atoms with van der Waals surface area (Å²) < 4.78 is 0. The molecule has 0 aliphatic heterocycles. The number of carbonyl (C=O) groups is 1. The van der Waals surface area contributed by atoms with Gasteiger partial charge in [0.2, 0.25) is 0 Å². The Morgan fingerprint density at radius 2 is 1.92 bits per heavy atom. The number of amides is 1. The third-order valence-electron chi connectivity index (χ3n) is 3.59. The lowest BCUT2D eigenvalue weighted by atomic mass is 10.1. The number of fused-ring (bicyclic) bond motifs is 1. The highest BCUT2D eigenvalue weighted by Gasteiger charge is 2.12. The number of hydrogen-bond acceptors (Lipinski definition) is 5. The lowest BCUT2D eigenvalue weighted by Gasteiger charge is -2.06. The van der Waals surface area contributed by atoms with E-state index in [0.29, 0.717) is 22.2 Å². The van der Waals surface area contributed by atoms with E-state index in [1.54, 1.807) is 31.2 Å². The van der Waals surface area contributed by atoms with Gasteiger partial charge >= 0.3 is 0 Å². The van der Waals surface area contributed by atoms with Gasteiger partial charge in [0.15, 0.2) is 0 Å². The van der Waals surface area contributed by atoms with Crippen molar-refractivity contribution in [3.8, 4) is 0 Å². The summed E-state index contributed by atoms with van der Waals surface area (Å²) >= 11 is 0. The second-order valence-electron chi connectivity index (χ2n) is 5.34. The quantitative estimate of drug-likeness (QED) is 0.450. The predicted molar refractivity (Wildman–Crippen MR) is 94.6 cm³/mol. The first kappa shape index (κ1) is 16.3. The third-order valence-corrected chi connectivity index (χ3v) is 3.59. The van der Waals surface area contributed by atoms with Crippen LogP contribution in [0.25, 0.3) is 10.9 Å². The SMILES string of the molecule is Cc1cc(C(=O)N/N=C\c2ccccc2[N+](=O)[O-])c2ccccc2n1. The van der Waals surface area contributed by atoms with E-state index in [-0.39, 0.29) is 5.69 Å². The van der Waals surface area contributed by atoms with E-state index in [4.69, 9.17) is 0 Å². The minimum absolute atomic E-state index is 0.0781. The number of carbonyl (C=O) groups excluding carboxylic acids is 1. The van der Waals surface area contributed by atoms with Gasteiger partial charge in [0.1, 0.15) is 0 Å². The van der Waals surface area contributed by atoms with Gasteiger partial charge in [-0.3, -0.25) is 19.9 Å². The van der Waals surface area contributed by atoms with Crippen molar-refractivity contribution in [3.05, 3.63) is 81.5 Å². The van der Waals surface area contributed by atoms with Gasteiger partial charge in [-0.1, -0.05) is 30.3 Å². The number of para-hydroxylation sites is 2. The number of aromatic nitrogens is 1. The number of pyridine rings is 1. The van der Waals surface area contributed by atoms with Gasteiger partial charge in [-0.25, -0.2) is 5.43 Å². The molecule has 1 aromatic heterocycles. The topological polar surface area (TPSA) is 97.5 Å².